The number of benzene rings is 1. The van der Waals surface area contributed by atoms with E-state index < -0.39 is 6.40 Å². The van der Waals surface area contributed by atoms with Crippen LogP contribution in [0.1, 0.15) is 12.5 Å². The second kappa shape index (κ2) is 6.18. The van der Waals surface area contributed by atoms with Crippen LogP contribution in [0.25, 0.3) is 0 Å². The van der Waals surface area contributed by atoms with Gasteiger partial charge in [-0.3, -0.25) is 0 Å². The third-order valence-electron chi connectivity index (χ3n) is 2.33. The quantitative estimate of drug-likeness (QED) is 0.748. The van der Waals surface area contributed by atoms with Crippen LogP contribution in [0.4, 0.5) is 0 Å². The van der Waals surface area contributed by atoms with Crippen molar-refractivity contribution in [3.63, 3.8) is 0 Å². The number of hydrogen-bond acceptors (Lipinski definition) is 3. The Hall–Kier alpha value is -1.48. The molecule has 0 bridgehead atoms. The number of ether oxygens (including phenoxy) is 2. The summed E-state index contributed by atoms with van der Waals surface area (Å²) in [6.45, 7) is 3.96. The number of methoxy groups -OCH3 is 2. The zero-order valence-electron chi connectivity index (χ0n) is 10.8. The van der Waals surface area contributed by atoms with E-state index in [0.29, 0.717) is 12.2 Å². The lowest BCUT2D eigenvalue weighted by Gasteiger charge is -2.13. The molecule has 3 heteroatoms. The summed E-state index contributed by atoms with van der Waals surface area (Å²) >= 11 is 0. The minimum Gasteiger partial charge on any atom is -0.496 e. The molecule has 1 atom stereocenters. The molecule has 1 unspecified atom stereocenters. The Bertz CT molecular complexity index is 393. The maximum Gasteiger partial charge on any atom is 0.122 e. The van der Waals surface area contributed by atoms with Gasteiger partial charge in [0.15, 0.2) is 0 Å². The number of hydrogen-bond donors (Lipinski definition) is 1. The molecule has 3 nitrogen and oxygen atoms in total. The van der Waals surface area contributed by atoms with E-state index in [4.69, 9.17) is 16.6 Å². The Morgan fingerprint density at radius 2 is 1.88 bits per heavy atom. The summed E-state index contributed by atoms with van der Waals surface area (Å²) in [7, 11) is 3.20. The van der Waals surface area contributed by atoms with E-state index in [9.17, 15) is 0 Å². The Balaban J connectivity index is 3.26. The zero-order chi connectivity index (χ0) is 12.8. The minimum atomic E-state index is -0.503. The van der Waals surface area contributed by atoms with E-state index in [-0.39, 0.29) is 6.54 Å². The molecule has 0 aliphatic carbocycles. The average molecular weight is 222 g/mol. The Morgan fingerprint density at radius 3 is 2.38 bits per heavy atom. The summed E-state index contributed by atoms with van der Waals surface area (Å²) in [4.78, 5) is 0. The standard InChI is InChI=1S/C13H19NO2/c1-4-5-10-8-13(16-3)11(6-7-14)9-12(10)15-2/h4,8-9H,1,5-7,14H2,2-3H3/i6D. The molecular weight excluding hydrogens is 202 g/mol. The molecule has 0 fully saturated rings. The van der Waals surface area contributed by atoms with Gasteiger partial charge in [-0.25, -0.2) is 0 Å². The number of rotatable bonds is 6. The molecule has 0 heterocycles. The van der Waals surface area contributed by atoms with Gasteiger partial charge in [-0.1, -0.05) is 6.08 Å². The van der Waals surface area contributed by atoms with E-state index in [2.05, 4.69) is 6.58 Å². The predicted molar refractivity (Wildman–Crippen MR) is 66.2 cm³/mol. The van der Waals surface area contributed by atoms with Crippen LogP contribution in [0, 0.1) is 0 Å². The molecule has 88 valence electrons. The lowest BCUT2D eigenvalue weighted by molar-refractivity contribution is 0.395. The van der Waals surface area contributed by atoms with Crippen LogP contribution in [-0.2, 0) is 12.8 Å². The molecule has 1 aromatic carbocycles. The minimum absolute atomic E-state index is 0.250. The van der Waals surface area contributed by atoms with Crippen LogP contribution in [0.5, 0.6) is 11.5 Å². The first-order valence-electron chi connectivity index (χ1n) is 5.73. The Kier molecular flexibility index (Phi) is 4.26. The summed E-state index contributed by atoms with van der Waals surface area (Å²) in [6, 6.07) is 3.70. The lowest BCUT2D eigenvalue weighted by atomic mass is 10.0. The van der Waals surface area contributed by atoms with Crippen LogP contribution in [-0.4, -0.2) is 20.8 Å². The van der Waals surface area contributed by atoms with Crippen molar-refractivity contribution in [2.24, 2.45) is 5.73 Å². The molecule has 0 aromatic heterocycles. The molecular formula is C13H19NO2. The van der Waals surface area contributed by atoms with Gasteiger partial charge < -0.3 is 15.2 Å². The molecule has 0 aliphatic rings. The predicted octanol–water partition coefficient (Wildman–Crippen LogP) is 1.93. The van der Waals surface area contributed by atoms with Crippen LogP contribution in [0.2, 0.25) is 0 Å². The van der Waals surface area contributed by atoms with E-state index in [1.165, 1.54) is 0 Å². The lowest BCUT2D eigenvalue weighted by Crippen LogP contribution is -2.05. The van der Waals surface area contributed by atoms with Crippen LogP contribution < -0.4 is 15.2 Å². The topological polar surface area (TPSA) is 44.5 Å². The molecule has 2 N–H and O–H groups in total. The van der Waals surface area contributed by atoms with Gasteiger partial charge >= 0.3 is 0 Å². The van der Waals surface area contributed by atoms with Crippen molar-refractivity contribution < 1.29 is 10.8 Å². The fourth-order valence-corrected chi connectivity index (χ4v) is 1.59. The third kappa shape index (κ3) is 2.76. The molecule has 0 radical (unpaired) electrons. The molecule has 1 rings (SSSR count). The van der Waals surface area contributed by atoms with Gasteiger partial charge in [-0.2, -0.15) is 0 Å². The van der Waals surface area contributed by atoms with Crippen molar-refractivity contribution in [1.29, 1.82) is 0 Å². The number of allylic oxidation sites excluding steroid dienone is 1. The molecule has 16 heavy (non-hydrogen) atoms. The molecule has 0 saturated carbocycles. The summed E-state index contributed by atoms with van der Waals surface area (Å²) in [5, 5.41) is 0. The van der Waals surface area contributed by atoms with E-state index >= 15 is 0 Å². The number of nitrogens with two attached hydrogens (primary N) is 1. The van der Waals surface area contributed by atoms with Gasteiger partial charge in [0.05, 0.1) is 14.2 Å². The van der Waals surface area contributed by atoms with Crippen LogP contribution in [0.15, 0.2) is 24.8 Å². The molecule has 0 aliphatic heterocycles. The highest BCUT2D eigenvalue weighted by Gasteiger charge is 2.09. The smallest absolute Gasteiger partial charge is 0.122 e. The first-order chi connectivity index (χ1) is 8.17. The summed E-state index contributed by atoms with van der Waals surface area (Å²) in [5.74, 6) is 1.42. The monoisotopic (exact) mass is 222 g/mol. The highest BCUT2D eigenvalue weighted by molar-refractivity contribution is 5.47. The van der Waals surface area contributed by atoms with Crippen molar-refractivity contribution in [3.8, 4) is 11.5 Å². The molecule has 0 spiro atoms. The maximum atomic E-state index is 7.87. The largest absolute Gasteiger partial charge is 0.496 e. The molecule has 0 amide bonds. The van der Waals surface area contributed by atoms with Crippen LogP contribution in [0.3, 0.4) is 0 Å². The second-order valence-electron chi connectivity index (χ2n) is 3.34. The SMILES string of the molecule is [2H]C(CN)c1cc(OC)c(CC=C)cc1OC. The maximum absolute atomic E-state index is 7.87. The van der Waals surface area contributed by atoms with Crippen LogP contribution >= 0.6 is 0 Å². The van der Waals surface area contributed by atoms with Gasteiger partial charge in [0.25, 0.3) is 0 Å². The first kappa shape index (κ1) is 11.0. The second-order valence-corrected chi connectivity index (χ2v) is 3.34. The average Bonchev–Trinajstić information content (AvgIpc) is 2.37. The van der Waals surface area contributed by atoms with Crippen molar-refractivity contribution in [2.75, 3.05) is 20.8 Å². The Labute approximate surface area is 98.3 Å². The highest BCUT2D eigenvalue weighted by Crippen LogP contribution is 2.29. The van der Waals surface area contributed by atoms with Gasteiger partial charge in [0, 0.05) is 6.93 Å². The van der Waals surface area contributed by atoms with Crippen molar-refractivity contribution in [3.05, 3.63) is 35.9 Å². The third-order valence-corrected chi connectivity index (χ3v) is 2.33. The van der Waals surface area contributed by atoms with Gasteiger partial charge in [-0.15, -0.1) is 6.58 Å². The normalized spacial score (nSPS) is 12.8. The molecule has 1 aromatic rings. The highest BCUT2D eigenvalue weighted by atomic mass is 16.5. The van der Waals surface area contributed by atoms with Crippen molar-refractivity contribution in [2.45, 2.75) is 12.8 Å². The van der Waals surface area contributed by atoms with Gasteiger partial charge in [0.1, 0.15) is 11.5 Å². The van der Waals surface area contributed by atoms with Crippen molar-refractivity contribution >= 4 is 0 Å². The first-order valence-corrected chi connectivity index (χ1v) is 5.15. The van der Waals surface area contributed by atoms with E-state index in [1.54, 1.807) is 20.3 Å². The van der Waals surface area contributed by atoms with Crippen molar-refractivity contribution in [1.82, 2.24) is 0 Å². The zero-order valence-corrected chi connectivity index (χ0v) is 9.82. The van der Waals surface area contributed by atoms with E-state index in [1.807, 2.05) is 12.1 Å². The summed E-state index contributed by atoms with van der Waals surface area (Å²) in [5.41, 5.74) is 7.26. The van der Waals surface area contributed by atoms with E-state index in [0.717, 1.165) is 16.9 Å². The Morgan fingerprint density at radius 1 is 1.31 bits per heavy atom. The van der Waals surface area contributed by atoms with Gasteiger partial charge in [-0.05, 0) is 37.1 Å². The fourth-order valence-electron chi connectivity index (χ4n) is 1.59. The van der Waals surface area contributed by atoms with Gasteiger partial charge in [0.2, 0.25) is 0 Å². The summed E-state index contributed by atoms with van der Waals surface area (Å²) < 4.78 is 18.5. The molecule has 0 saturated heterocycles. The summed E-state index contributed by atoms with van der Waals surface area (Å²) in [6.07, 6.45) is 2.00. The fraction of sp³-hybridized carbons (Fsp3) is 0.385.